The molecule has 0 heterocycles. The summed E-state index contributed by atoms with van der Waals surface area (Å²) in [5, 5.41) is 11.9. The summed E-state index contributed by atoms with van der Waals surface area (Å²) < 4.78 is 5.67. The fraction of sp³-hybridized carbons (Fsp3) is 0.900. The summed E-state index contributed by atoms with van der Waals surface area (Å²) in [5.74, 6) is 0. The van der Waals surface area contributed by atoms with E-state index >= 15 is 0 Å². The third-order valence-electron chi connectivity index (χ3n) is 2.87. The van der Waals surface area contributed by atoms with Gasteiger partial charge in [0.25, 0.3) is 0 Å². The Morgan fingerprint density at radius 2 is 2.31 bits per heavy atom. The van der Waals surface area contributed by atoms with Gasteiger partial charge in [0.2, 0.25) is 0 Å². The maximum Gasteiger partial charge on any atom is 0.0732 e. The predicted molar refractivity (Wildman–Crippen MR) is 52.3 cm³/mol. The molecule has 0 saturated heterocycles. The molecule has 1 rings (SSSR count). The average Bonchev–Trinajstić information content (AvgIpc) is 2.10. The van der Waals surface area contributed by atoms with E-state index in [0.717, 1.165) is 31.6 Å². The summed E-state index contributed by atoms with van der Waals surface area (Å²) in [6.45, 7) is 7.09. The highest BCUT2D eigenvalue weighted by Gasteiger charge is 2.46. The van der Waals surface area contributed by atoms with Gasteiger partial charge in [-0.25, -0.2) is 0 Å². The van der Waals surface area contributed by atoms with Crippen LogP contribution in [0.4, 0.5) is 0 Å². The van der Waals surface area contributed by atoms with Gasteiger partial charge in [0.15, 0.2) is 0 Å². The molecule has 0 radical (unpaired) electrons. The minimum absolute atomic E-state index is 0.0670. The standard InChI is InChI=1S/C10H19NO2/c1-4-5-6-13-9-7-8(11-12)10(9,2)3/h9,12H,4-7H2,1-3H3/b11-8+. The zero-order valence-electron chi connectivity index (χ0n) is 8.71. The van der Waals surface area contributed by atoms with Crippen molar-refractivity contribution >= 4 is 5.71 Å². The van der Waals surface area contributed by atoms with Gasteiger partial charge in [-0.2, -0.15) is 0 Å². The smallest absolute Gasteiger partial charge is 0.0732 e. The Morgan fingerprint density at radius 3 is 2.77 bits per heavy atom. The quantitative estimate of drug-likeness (QED) is 0.415. The molecule has 0 aromatic heterocycles. The summed E-state index contributed by atoms with van der Waals surface area (Å²) in [6.07, 6.45) is 3.30. The summed E-state index contributed by atoms with van der Waals surface area (Å²) >= 11 is 0. The number of nitrogens with zero attached hydrogens (tertiary/aromatic N) is 1. The van der Waals surface area contributed by atoms with Crippen LogP contribution in [0.15, 0.2) is 5.16 Å². The molecule has 76 valence electrons. The van der Waals surface area contributed by atoms with E-state index < -0.39 is 0 Å². The van der Waals surface area contributed by atoms with Crippen LogP contribution in [0.3, 0.4) is 0 Å². The van der Waals surface area contributed by atoms with Crippen LogP contribution >= 0.6 is 0 Å². The van der Waals surface area contributed by atoms with Crippen LogP contribution in [-0.2, 0) is 4.74 Å². The van der Waals surface area contributed by atoms with E-state index in [1.807, 2.05) is 0 Å². The maximum absolute atomic E-state index is 8.64. The Bertz CT molecular complexity index is 199. The molecular weight excluding hydrogens is 166 g/mol. The van der Waals surface area contributed by atoms with Gasteiger partial charge in [-0.3, -0.25) is 0 Å². The Hall–Kier alpha value is -0.570. The topological polar surface area (TPSA) is 41.8 Å². The Morgan fingerprint density at radius 1 is 1.62 bits per heavy atom. The van der Waals surface area contributed by atoms with Crippen LogP contribution in [0.1, 0.15) is 40.0 Å². The lowest BCUT2D eigenvalue weighted by atomic mass is 9.67. The second kappa shape index (κ2) is 4.09. The van der Waals surface area contributed by atoms with Crippen molar-refractivity contribution in [2.45, 2.75) is 46.1 Å². The molecule has 13 heavy (non-hydrogen) atoms. The second-order valence-electron chi connectivity index (χ2n) is 4.19. The third-order valence-corrected chi connectivity index (χ3v) is 2.87. The number of hydrogen-bond donors (Lipinski definition) is 1. The molecule has 0 amide bonds. The van der Waals surface area contributed by atoms with Gasteiger partial charge in [0, 0.05) is 18.4 Å². The maximum atomic E-state index is 8.64. The number of ether oxygens (including phenoxy) is 1. The first-order valence-corrected chi connectivity index (χ1v) is 4.96. The van der Waals surface area contributed by atoms with Crippen LogP contribution < -0.4 is 0 Å². The van der Waals surface area contributed by atoms with Crippen LogP contribution in [0, 0.1) is 5.41 Å². The second-order valence-corrected chi connectivity index (χ2v) is 4.19. The van der Waals surface area contributed by atoms with Crippen molar-refractivity contribution < 1.29 is 9.94 Å². The molecule has 1 fully saturated rings. The lowest BCUT2D eigenvalue weighted by Crippen LogP contribution is -2.51. The summed E-state index contributed by atoms with van der Waals surface area (Å²) in [4.78, 5) is 0. The molecule has 0 bridgehead atoms. The fourth-order valence-corrected chi connectivity index (χ4v) is 1.56. The largest absolute Gasteiger partial charge is 0.411 e. The Labute approximate surface area is 79.8 Å². The Kier molecular flexibility index (Phi) is 3.31. The van der Waals surface area contributed by atoms with E-state index in [2.05, 4.69) is 25.9 Å². The highest BCUT2D eigenvalue weighted by atomic mass is 16.5. The van der Waals surface area contributed by atoms with Gasteiger partial charge >= 0.3 is 0 Å². The highest BCUT2D eigenvalue weighted by molar-refractivity contribution is 5.96. The third kappa shape index (κ3) is 2.02. The van der Waals surface area contributed by atoms with E-state index in [9.17, 15) is 0 Å². The monoisotopic (exact) mass is 185 g/mol. The predicted octanol–water partition coefficient (Wildman–Crippen LogP) is 2.43. The number of unbranched alkanes of at least 4 members (excludes halogenated alkanes) is 1. The van der Waals surface area contributed by atoms with E-state index in [1.54, 1.807) is 0 Å². The minimum atomic E-state index is -0.0670. The number of rotatable bonds is 4. The summed E-state index contributed by atoms with van der Waals surface area (Å²) in [7, 11) is 0. The van der Waals surface area contributed by atoms with Gasteiger partial charge in [-0.1, -0.05) is 32.3 Å². The molecule has 1 aliphatic rings. The van der Waals surface area contributed by atoms with E-state index in [0.29, 0.717) is 0 Å². The van der Waals surface area contributed by atoms with Crippen LogP contribution in [0.25, 0.3) is 0 Å². The molecule has 0 aromatic rings. The zero-order chi connectivity index (χ0) is 9.90. The summed E-state index contributed by atoms with van der Waals surface area (Å²) in [5.41, 5.74) is 0.789. The first-order chi connectivity index (χ1) is 6.12. The molecule has 0 aliphatic heterocycles. The van der Waals surface area contributed by atoms with Gasteiger partial charge in [-0.15, -0.1) is 0 Å². The van der Waals surface area contributed by atoms with Crippen molar-refractivity contribution in [2.24, 2.45) is 10.6 Å². The zero-order valence-corrected chi connectivity index (χ0v) is 8.71. The van der Waals surface area contributed by atoms with Crippen LogP contribution in [0.5, 0.6) is 0 Å². The van der Waals surface area contributed by atoms with Crippen molar-refractivity contribution in [3.8, 4) is 0 Å². The van der Waals surface area contributed by atoms with E-state index in [1.165, 1.54) is 0 Å². The van der Waals surface area contributed by atoms with Crippen molar-refractivity contribution in [3.63, 3.8) is 0 Å². The molecule has 1 aliphatic carbocycles. The molecule has 3 nitrogen and oxygen atoms in total. The van der Waals surface area contributed by atoms with Gasteiger partial charge in [-0.05, 0) is 6.42 Å². The lowest BCUT2D eigenvalue weighted by Gasteiger charge is -2.44. The van der Waals surface area contributed by atoms with Crippen LogP contribution in [-0.4, -0.2) is 23.6 Å². The van der Waals surface area contributed by atoms with Crippen molar-refractivity contribution in [3.05, 3.63) is 0 Å². The average molecular weight is 185 g/mol. The first kappa shape index (κ1) is 10.5. The van der Waals surface area contributed by atoms with Crippen molar-refractivity contribution in [1.82, 2.24) is 0 Å². The molecule has 1 atom stereocenters. The molecule has 1 saturated carbocycles. The number of oxime groups is 1. The van der Waals surface area contributed by atoms with Gasteiger partial charge < -0.3 is 9.94 Å². The van der Waals surface area contributed by atoms with E-state index in [-0.39, 0.29) is 11.5 Å². The number of hydrogen-bond acceptors (Lipinski definition) is 3. The first-order valence-electron chi connectivity index (χ1n) is 4.96. The SMILES string of the molecule is CCCCOC1C/C(=N\O)C1(C)C. The van der Waals surface area contributed by atoms with Gasteiger partial charge in [0.05, 0.1) is 11.8 Å². The highest BCUT2D eigenvalue weighted by Crippen LogP contribution is 2.39. The molecule has 3 heteroatoms. The normalized spacial score (nSPS) is 28.8. The van der Waals surface area contributed by atoms with Crippen molar-refractivity contribution in [2.75, 3.05) is 6.61 Å². The van der Waals surface area contributed by atoms with Gasteiger partial charge in [0.1, 0.15) is 0 Å². The minimum Gasteiger partial charge on any atom is -0.411 e. The Balaban J connectivity index is 2.32. The molecule has 0 spiro atoms. The molecular formula is C10H19NO2. The van der Waals surface area contributed by atoms with Crippen molar-refractivity contribution in [1.29, 1.82) is 0 Å². The van der Waals surface area contributed by atoms with Crippen LogP contribution in [0.2, 0.25) is 0 Å². The molecule has 1 N–H and O–H groups in total. The van der Waals surface area contributed by atoms with E-state index in [4.69, 9.17) is 9.94 Å². The molecule has 1 unspecified atom stereocenters. The fourth-order valence-electron chi connectivity index (χ4n) is 1.56. The summed E-state index contributed by atoms with van der Waals surface area (Å²) in [6, 6.07) is 0. The lowest BCUT2D eigenvalue weighted by molar-refractivity contribution is -0.0231. The molecule has 0 aromatic carbocycles.